The maximum Gasteiger partial charge on any atom is 0.295 e. The number of carbonyl (C=O) groups excluding carboxylic acids is 2. The van der Waals surface area contributed by atoms with Gasteiger partial charge in [-0.15, -0.1) is 0 Å². The highest BCUT2D eigenvalue weighted by atomic mass is 16.5. The van der Waals surface area contributed by atoms with Gasteiger partial charge in [-0.2, -0.15) is 0 Å². The first-order valence-corrected chi connectivity index (χ1v) is 11.8. The van der Waals surface area contributed by atoms with Crippen molar-refractivity contribution in [2.75, 3.05) is 19.8 Å². The molecule has 0 aromatic heterocycles. The number of amides is 1. The summed E-state index contributed by atoms with van der Waals surface area (Å²) in [5, 5.41) is 11.3. The third kappa shape index (κ3) is 4.94. The minimum Gasteiger partial charge on any atom is -0.507 e. The second-order valence-electron chi connectivity index (χ2n) is 8.78. The van der Waals surface area contributed by atoms with Gasteiger partial charge in [-0.25, -0.2) is 0 Å². The van der Waals surface area contributed by atoms with Crippen LogP contribution < -0.4 is 9.47 Å². The van der Waals surface area contributed by atoms with Crippen molar-refractivity contribution in [1.29, 1.82) is 0 Å². The summed E-state index contributed by atoms with van der Waals surface area (Å²) in [7, 11) is 0. The molecule has 2 saturated heterocycles. The number of carbonyl (C=O) groups is 2. The predicted octanol–water partition coefficient (Wildman–Crippen LogP) is 4.47. The fourth-order valence-electron chi connectivity index (χ4n) is 4.48. The zero-order chi connectivity index (χ0) is 24.2. The molecule has 2 aromatic carbocycles. The van der Waals surface area contributed by atoms with Crippen molar-refractivity contribution in [3.05, 3.63) is 65.2 Å². The van der Waals surface area contributed by atoms with Crippen molar-refractivity contribution in [3.8, 4) is 11.5 Å². The largest absolute Gasteiger partial charge is 0.507 e. The first-order chi connectivity index (χ1) is 16.4. The summed E-state index contributed by atoms with van der Waals surface area (Å²) < 4.78 is 17.0. The van der Waals surface area contributed by atoms with Gasteiger partial charge in [-0.1, -0.05) is 24.3 Å². The monoisotopic (exact) mass is 465 g/mol. The Hall–Kier alpha value is -3.32. The molecule has 180 valence electrons. The average Bonchev–Trinajstić information content (AvgIpc) is 3.42. The van der Waals surface area contributed by atoms with E-state index in [1.807, 2.05) is 45.0 Å². The Morgan fingerprint density at radius 2 is 1.91 bits per heavy atom. The lowest BCUT2D eigenvalue weighted by molar-refractivity contribution is -0.140. The molecule has 0 saturated carbocycles. The van der Waals surface area contributed by atoms with Gasteiger partial charge < -0.3 is 24.2 Å². The van der Waals surface area contributed by atoms with Crippen LogP contribution in [0, 0.1) is 0 Å². The number of Topliss-reactive ketones (excluding diaryl/α,β-unsaturated/α-hetero) is 1. The van der Waals surface area contributed by atoms with Crippen LogP contribution in [0.1, 0.15) is 50.8 Å². The van der Waals surface area contributed by atoms with Gasteiger partial charge in [0.25, 0.3) is 11.7 Å². The molecule has 2 fully saturated rings. The van der Waals surface area contributed by atoms with E-state index in [1.165, 1.54) is 4.90 Å². The second kappa shape index (κ2) is 10.3. The number of ether oxygens (including phenoxy) is 3. The van der Waals surface area contributed by atoms with Crippen molar-refractivity contribution >= 4 is 17.4 Å². The number of aliphatic hydroxyl groups is 1. The van der Waals surface area contributed by atoms with Crippen LogP contribution in [-0.4, -0.2) is 53.7 Å². The lowest BCUT2D eigenvalue weighted by Crippen LogP contribution is -2.36. The molecule has 0 radical (unpaired) electrons. The van der Waals surface area contributed by atoms with Gasteiger partial charge in [0, 0.05) is 18.7 Å². The van der Waals surface area contributed by atoms with E-state index in [0.717, 1.165) is 18.4 Å². The van der Waals surface area contributed by atoms with Gasteiger partial charge >= 0.3 is 0 Å². The molecule has 2 aromatic rings. The maximum absolute atomic E-state index is 13.2. The van der Waals surface area contributed by atoms with Crippen LogP contribution >= 0.6 is 0 Å². The SMILES string of the molecule is CCOc1ccc(C2/C(=C(/O)c3cccc(OC(C)C)c3)C(=O)C(=O)N2CC2CCCO2)cc1. The third-order valence-corrected chi connectivity index (χ3v) is 5.95. The molecule has 2 heterocycles. The molecule has 2 aliphatic heterocycles. The molecule has 0 aliphatic carbocycles. The van der Waals surface area contributed by atoms with Gasteiger partial charge in [0.05, 0.1) is 30.4 Å². The minimum atomic E-state index is -0.727. The Kier molecular flexibility index (Phi) is 7.22. The van der Waals surface area contributed by atoms with Crippen LogP contribution in [0.15, 0.2) is 54.1 Å². The van der Waals surface area contributed by atoms with Gasteiger partial charge in [0.2, 0.25) is 0 Å². The van der Waals surface area contributed by atoms with E-state index in [-0.39, 0.29) is 30.1 Å². The first kappa shape index (κ1) is 23.8. The van der Waals surface area contributed by atoms with E-state index in [9.17, 15) is 14.7 Å². The molecule has 2 aliphatic rings. The van der Waals surface area contributed by atoms with Gasteiger partial charge in [-0.05, 0) is 63.4 Å². The molecule has 7 nitrogen and oxygen atoms in total. The molecule has 4 rings (SSSR count). The predicted molar refractivity (Wildman–Crippen MR) is 128 cm³/mol. The summed E-state index contributed by atoms with van der Waals surface area (Å²) >= 11 is 0. The highest BCUT2D eigenvalue weighted by molar-refractivity contribution is 6.46. The molecule has 34 heavy (non-hydrogen) atoms. The lowest BCUT2D eigenvalue weighted by atomic mass is 9.95. The average molecular weight is 466 g/mol. The van der Waals surface area contributed by atoms with Crippen LogP contribution in [0.25, 0.3) is 5.76 Å². The summed E-state index contributed by atoms with van der Waals surface area (Å²) in [5.41, 5.74) is 1.20. The maximum atomic E-state index is 13.2. The van der Waals surface area contributed by atoms with Crippen LogP contribution in [-0.2, 0) is 14.3 Å². The van der Waals surface area contributed by atoms with Crippen LogP contribution in [0.2, 0.25) is 0 Å². The van der Waals surface area contributed by atoms with Gasteiger partial charge in [0.15, 0.2) is 0 Å². The molecule has 1 N–H and O–H groups in total. The number of ketones is 1. The van der Waals surface area contributed by atoms with Gasteiger partial charge in [-0.3, -0.25) is 9.59 Å². The third-order valence-electron chi connectivity index (χ3n) is 5.95. The van der Waals surface area contributed by atoms with Crippen molar-refractivity contribution in [2.24, 2.45) is 0 Å². The Morgan fingerprint density at radius 3 is 2.56 bits per heavy atom. The van der Waals surface area contributed by atoms with E-state index in [4.69, 9.17) is 14.2 Å². The summed E-state index contributed by atoms with van der Waals surface area (Å²) in [6.45, 7) is 7.19. The molecule has 1 amide bonds. The second-order valence-corrected chi connectivity index (χ2v) is 8.78. The lowest BCUT2D eigenvalue weighted by Gasteiger charge is -2.27. The summed E-state index contributed by atoms with van der Waals surface area (Å²) in [6.07, 6.45) is 1.57. The van der Waals surface area contributed by atoms with Crippen molar-refractivity contribution < 1.29 is 28.9 Å². The van der Waals surface area contributed by atoms with E-state index < -0.39 is 17.7 Å². The molecule has 0 spiro atoms. The Bertz CT molecular complexity index is 1070. The number of rotatable bonds is 8. The van der Waals surface area contributed by atoms with E-state index in [1.54, 1.807) is 24.3 Å². The zero-order valence-corrected chi connectivity index (χ0v) is 19.8. The highest BCUT2D eigenvalue weighted by Gasteiger charge is 2.47. The normalized spacial score (nSPS) is 21.9. The van der Waals surface area contributed by atoms with Crippen molar-refractivity contribution in [1.82, 2.24) is 4.90 Å². The molecule has 2 atom stereocenters. The number of benzene rings is 2. The molecule has 2 unspecified atom stereocenters. The van der Waals surface area contributed by atoms with E-state index >= 15 is 0 Å². The fraction of sp³-hybridized carbons (Fsp3) is 0.407. The number of nitrogens with zero attached hydrogens (tertiary/aromatic N) is 1. The summed E-state index contributed by atoms with van der Waals surface area (Å²) in [6, 6.07) is 13.5. The first-order valence-electron chi connectivity index (χ1n) is 11.8. The summed E-state index contributed by atoms with van der Waals surface area (Å²) in [4.78, 5) is 27.9. The smallest absolute Gasteiger partial charge is 0.295 e. The van der Waals surface area contributed by atoms with Crippen molar-refractivity contribution in [3.63, 3.8) is 0 Å². The van der Waals surface area contributed by atoms with Crippen LogP contribution in [0.5, 0.6) is 11.5 Å². The van der Waals surface area contributed by atoms with Crippen molar-refractivity contribution in [2.45, 2.75) is 51.9 Å². The minimum absolute atomic E-state index is 0.0433. The quantitative estimate of drug-likeness (QED) is 0.352. The Labute approximate surface area is 199 Å². The topological polar surface area (TPSA) is 85.3 Å². The zero-order valence-electron chi connectivity index (χ0n) is 19.8. The van der Waals surface area contributed by atoms with E-state index in [2.05, 4.69) is 0 Å². The van der Waals surface area contributed by atoms with Crippen LogP contribution in [0.4, 0.5) is 0 Å². The molecule has 0 bridgehead atoms. The Morgan fingerprint density at radius 1 is 1.15 bits per heavy atom. The standard InChI is InChI=1S/C27H31NO6/c1-4-32-20-12-10-18(11-13-20)24-23(25(29)19-7-5-8-21(15-19)34-17(2)3)26(30)27(31)28(24)16-22-9-6-14-33-22/h5,7-8,10-13,15,17,22,24,29H,4,6,9,14,16H2,1-3H3/b25-23-. The van der Waals surface area contributed by atoms with E-state index in [0.29, 0.717) is 30.3 Å². The Balaban J connectivity index is 1.78. The molecule has 7 heteroatoms. The summed E-state index contributed by atoms with van der Waals surface area (Å²) in [5.74, 6) is -0.289. The number of hydrogen-bond acceptors (Lipinski definition) is 6. The number of aliphatic hydroxyl groups excluding tert-OH is 1. The van der Waals surface area contributed by atoms with Gasteiger partial charge in [0.1, 0.15) is 17.3 Å². The molecular formula is C27H31NO6. The number of likely N-dealkylation sites (tertiary alicyclic amines) is 1. The highest BCUT2D eigenvalue weighted by Crippen LogP contribution is 2.40. The van der Waals surface area contributed by atoms with Crippen LogP contribution in [0.3, 0.4) is 0 Å². The fourth-order valence-corrected chi connectivity index (χ4v) is 4.48. The molecular weight excluding hydrogens is 434 g/mol. The number of hydrogen-bond donors (Lipinski definition) is 1.